The van der Waals surface area contributed by atoms with Gasteiger partial charge in [0.25, 0.3) is 0 Å². The maximum absolute atomic E-state index is 13.3. The van der Waals surface area contributed by atoms with Gasteiger partial charge in [-0.15, -0.1) is 0 Å². The standard InChI is InChI=1S/C19H24BrNO5/c1-21-17-7-8-24-15-11-13(20)3-4-14(15)19(17,16(22)23-2)6-5-18(12-17)25-9-10-26-18/h3-4,11,21H,5-10,12H2,1-2H3. The Morgan fingerprint density at radius 3 is 2.65 bits per heavy atom. The number of fused-ring (bicyclic) bond motifs is 3. The topological polar surface area (TPSA) is 66.0 Å². The first-order valence-electron chi connectivity index (χ1n) is 8.99. The maximum Gasteiger partial charge on any atom is 0.318 e. The van der Waals surface area contributed by atoms with E-state index in [1.165, 1.54) is 7.11 Å². The van der Waals surface area contributed by atoms with E-state index in [0.29, 0.717) is 45.5 Å². The molecule has 4 rings (SSSR count). The van der Waals surface area contributed by atoms with E-state index in [4.69, 9.17) is 18.9 Å². The highest BCUT2D eigenvalue weighted by atomic mass is 79.9. The summed E-state index contributed by atoms with van der Waals surface area (Å²) in [5.41, 5.74) is -0.571. The number of hydrogen-bond acceptors (Lipinski definition) is 6. The average molecular weight is 426 g/mol. The van der Waals surface area contributed by atoms with Gasteiger partial charge in [0.2, 0.25) is 0 Å². The van der Waals surface area contributed by atoms with Crippen LogP contribution in [0.15, 0.2) is 22.7 Å². The Balaban J connectivity index is 1.92. The molecule has 3 aliphatic rings. The van der Waals surface area contributed by atoms with Crippen molar-refractivity contribution in [2.24, 2.45) is 0 Å². The van der Waals surface area contributed by atoms with Crippen LogP contribution in [-0.2, 0) is 24.4 Å². The van der Waals surface area contributed by atoms with E-state index in [-0.39, 0.29) is 5.97 Å². The zero-order valence-corrected chi connectivity index (χ0v) is 16.7. The Labute approximate surface area is 161 Å². The first-order chi connectivity index (χ1) is 12.5. The van der Waals surface area contributed by atoms with Crippen molar-refractivity contribution in [3.05, 3.63) is 28.2 Å². The van der Waals surface area contributed by atoms with Gasteiger partial charge in [0, 0.05) is 34.8 Å². The van der Waals surface area contributed by atoms with E-state index < -0.39 is 16.7 Å². The van der Waals surface area contributed by atoms with E-state index in [0.717, 1.165) is 15.8 Å². The van der Waals surface area contributed by atoms with Crippen molar-refractivity contribution >= 4 is 21.9 Å². The Morgan fingerprint density at radius 2 is 1.96 bits per heavy atom. The number of rotatable bonds is 2. The van der Waals surface area contributed by atoms with Crippen molar-refractivity contribution in [1.29, 1.82) is 0 Å². The molecular weight excluding hydrogens is 402 g/mol. The Kier molecular flexibility index (Phi) is 4.54. The van der Waals surface area contributed by atoms with Gasteiger partial charge in [-0.3, -0.25) is 4.79 Å². The summed E-state index contributed by atoms with van der Waals surface area (Å²) in [6.45, 7) is 1.68. The lowest BCUT2D eigenvalue weighted by Crippen LogP contribution is -2.69. The number of carbonyl (C=O) groups excluding carboxylic acids is 1. The third kappa shape index (κ3) is 2.44. The van der Waals surface area contributed by atoms with Crippen LogP contribution in [0.4, 0.5) is 0 Å². The van der Waals surface area contributed by atoms with Crippen LogP contribution in [-0.4, -0.2) is 51.3 Å². The monoisotopic (exact) mass is 425 g/mol. The second-order valence-corrected chi connectivity index (χ2v) is 8.17. The van der Waals surface area contributed by atoms with Crippen molar-refractivity contribution in [3.63, 3.8) is 0 Å². The molecule has 142 valence electrons. The second-order valence-electron chi connectivity index (χ2n) is 7.25. The number of likely N-dealkylation sites (N-methyl/N-ethyl adjacent to an activating group) is 1. The van der Waals surface area contributed by atoms with Gasteiger partial charge in [-0.05, 0) is 25.6 Å². The van der Waals surface area contributed by atoms with Crippen LogP contribution >= 0.6 is 15.9 Å². The van der Waals surface area contributed by atoms with Crippen molar-refractivity contribution < 1.29 is 23.7 Å². The molecule has 0 aromatic heterocycles. The molecule has 2 unspecified atom stereocenters. The molecule has 7 heteroatoms. The van der Waals surface area contributed by atoms with Gasteiger partial charge in [0.1, 0.15) is 11.2 Å². The highest BCUT2D eigenvalue weighted by Crippen LogP contribution is 2.57. The molecule has 0 amide bonds. The van der Waals surface area contributed by atoms with Crippen LogP contribution in [0.1, 0.15) is 31.2 Å². The summed E-state index contributed by atoms with van der Waals surface area (Å²) in [5.74, 6) is -0.152. The molecule has 2 heterocycles. The predicted molar refractivity (Wildman–Crippen MR) is 98.2 cm³/mol. The molecule has 1 aromatic rings. The molecule has 1 spiro atoms. The summed E-state index contributed by atoms with van der Waals surface area (Å²) in [6.07, 6.45) is 2.43. The molecule has 0 radical (unpaired) electrons. The highest BCUT2D eigenvalue weighted by molar-refractivity contribution is 9.10. The minimum atomic E-state index is -0.858. The van der Waals surface area contributed by atoms with Gasteiger partial charge < -0.3 is 24.3 Å². The summed E-state index contributed by atoms with van der Waals surface area (Å²) in [5, 5.41) is 3.47. The number of ether oxygens (including phenoxy) is 4. The largest absolute Gasteiger partial charge is 0.493 e. The predicted octanol–water partition coefficient (Wildman–Crippen LogP) is 2.53. The number of hydrogen-bond donors (Lipinski definition) is 1. The van der Waals surface area contributed by atoms with E-state index in [9.17, 15) is 4.79 Å². The molecule has 0 bridgehead atoms. The molecule has 1 aromatic carbocycles. The van der Waals surface area contributed by atoms with E-state index in [1.807, 2.05) is 25.2 Å². The third-order valence-corrected chi connectivity index (χ3v) is 6.78. The number of nitrogens with one attached hydrogen (secondary N) is 1. The minimum absolute atomic E-state index is 0.242. The van der Waals surface area contributed by atoms with E-state index >= 15 is 0 Å². The van der Waals surface area contributed by atoms with Gasteiger partial charge in [-0.2, -0.15) is 0 Å². The van der Waals surface area contributed by atoms with Gasteiger partial charge in [0.15, 0.2) is 5.79 Å². The van der Waals surface area contributed by atoms with E-state index in [2.05, 4.69) is 21.2 Å². The van der Waals surface area contributed by atoms with Crippen LogP contribution in [0.5, 0.6) is 5.75 Å². The van der Waals surface area contributed by atoms with Gasteiger partial charge in [0.05, 0.1) is 26.9 Å². The lowest BCUT2D eigenvalue weighted by molar-refractivity contribution is -0.211. The highest BCUT2D eigenvalue weighted by Gasteiger charge is 2.66. The smallest absolute Gasteiger partial charge is 0.318 e. The van der Waals surface area contributed by atoms with Crippen LogP contribution < -0.4 is 10.1 Å². The first kappa shape index (κ1) is 18.2. The molecule has 6 nitrogen and oxygen atoms in total. The second kappa shape index (κ2) is 6.48. The average Bonchev–Trinajstić information content (AvgIpc) is 3.04. The molecule has 26 heavy (non-hydrogen) atoms. The summed E-state index contributed by atoms with van der Waals surface area (Å²) in [4.78, 5) is 13.3. The SMILES string of the molecule is CNC12CCOc3cc(Br)ccc3C1(C(=O)OC)CCC1(C2)OCCO1. The number of benzene rings is 1. The maximum atomic E-state index is 13.3. The van der Waals surface area contributed by atoms with Crippen molar-refractivity contribution in [2.45, 2.75) is 42.4 Å². The zero-order chi connectivity index (χ0) is 18.4. The van der Waals surface area contributed by atoms with E-state index in [1.54, 1.807) is 0 Å². The van der Waals surface area contributed by atoms with Gasteiger partial charge >= 0.3 is 5.97 Å². The van der Waals surface area contributed by atoms with Crippen LogP contribution in [0, 0.1) is 0 Å². The Morgan fingerprint density at radius 1 is 1.19 bits per heavy atom. The van der Waals surface area contributed by atoms with Crippen molar-refractivity contribution in [2.75, 3.05) is 34.0 Å². The fourth-order valence-electron chi connectivity index (χ4n) is 5.07. The molecule has 2 atom stereocenters. The molecule has 1 aliphatic carbocycles. The molecule has 1 saturated carbocycles. The quantitative estimate of drug-likeness (QED) is 0.734. The Hall–Kier alpha value is -1.15. The summed E-state index contributed by atoms with van der Waals surface area (Å²) < 4.78 is 24.3. The molecule has 2 fully saturated rings. The fourth-order valence-corrected chi connectivity index (χ4v) is 5.41. The lowest BCUT2D eigenvalue weighted by atomic mass is 9.55. The van der Waals surface area contributed by atoms with Crippen LogP contribution in [0.25, 0.3) is 0 Å². The first-order valence-corrected chi connectivity index (χ1v) is 9.78. The number of methoxy groups -OCH3 is 1. The van der Waals surface area contributed by atoms with Gasteiger partial charge in [-0.1, -0.05) is 22.0 Å². The number of halogens is 1. The molecule has 1 saturated heterocycles. The van der Waals surface area contributed by atoms with Crippen molar-refractivity contribution in [1.82, 2.24) is 5.32 Å². The summed E-state index contributed by atoms with van der Waals surface area (Å²) in [6, 6.07) is 5.85. The summed E-state index contributed by atoms with van der Waals surface area (Å²) in [7, 11) is 3.35. The van der Waals surface area contributed by atoms with Crippen LogP contribution in [0.3, 0.4) is 0 Å². The molecular formula is C19H24BrNO5. The fraction of sp³-hybridized carbons (Fsp3) is 0.632. The minimum Gasteiger partial charge on any atom is -0.493 e. The zero-order valence-electron chi connectivity index (χ0n) is 15.1. The Bertz CT molecular complexity index is 720. The van der Waals surface area contributed by atoms with Gasteiger partial charge in [-0.25, -0.2) is 0 Å². The third-order valence-electron chi connectivity index (χ3n) is 6.28. The molecule has 1 N–H and O–H groups in total. The lowest BCUT2D eigenvalue weighted by Gasteiger charge is -2.55. The van der Waals surface area contributed by atoms with Crippen molar-refractivity contribution in [3.8, 4) is 5.75 Å². The normalized spacial score (nSPS) is 32.3. The summed E-state index contributed by atoms with van der Waals surface area (Å²) >= 11 is 3.50. The number of carbonyl (C=O) groups is 1. The van der Waals surface area contributed by atoms with Crippen LogP contribution in [0.2, 0.25) is 0 Å². The number of esters is 1. The molecule has 2 aliphatic heterocycles.